The second-order valence-electron chi connectivity index (χ2n) is 6.11. The van der Waals surface area contributed by atoms with Crippen molar-refractivity contribution in [1.82, 2.24) is 10.6 Å². The fourth-order valence-corrected chi connectivity index (χ4v) is 2.66. The number of piperidine rings is 1. The SMILES string of the molecule is CC(C)(CCl)C(=O)NC1CNCCC1c1ccccc1. The smallest absolute Gasteiger partial charge is 0.227 e. The van der Waals surface area contributed by atoms with Crippen LogP contribution in [0.1, 0.15) is 31.7 Å². The first-order chi connectivity index (χ1) is 9.54. The van der Waals surface area contributed by atoms with E-state index >= 15 is 0 Å². The molecule has 4 heteroatoms. The summed E-state index contributed by atoms with van der Waals surface area (Å²) in [5, 5.41) is 6.53. The molecule has 20 heavy (non-hydrogen) atoms. The summed E-state index contributed by atoms with van der Waals surface area (Å²) in [4.78, 5) is 12.3. The highest BCUT2D eigenvalue weighted by Gasteiger charge is 2.32. The summed E-state index contributed by atoms with van der Waals surface area (Å²) >= 11 is 5.88. The van der Waals surface area contributed by atoms with E-state index < -0.39 is 5.41 Å². The maximum Gasteiger partial charge on any atom is 0.227 e. The molecule has 1 saturated heterocycles. The molecule has 110 valence electrons. The average molecular weight is 295 g/mol. The van der Waals surface area contributed by atoms with E-state index in [4.69, 9.17) is 11.6 Å². The quantitative estimate of drug-likeness (QED) is 0.838. The number of carbonyl (C=O) groups is 1. The normalized spacial score (nSPS) is 23.4. The van der Waals surface area contributed by atoms with Crippen molar-refractivity contribution in [3.63, 3.8) is 0 Å². The maximum absolute atomic E-state index is 12.3. The number of hydrogen-bond donors (Lipinski definition) is 2. The van der Waals surface area contributed by atoms with Gasteiger partial charge in [0.05, 0.1) is 5.41 Å². The van der Waals surface area contributed by atoms with E-state index in [1.54, 1.807) is 0 Å². The Labute approximate surface area is 126 Å². The van der Waals surface area contributed by atoms with Crippen LogP contribution >= 0.6 is 11.6 Å². The van der Waals surface area contributed by atoms with Gasteiger partial charge in [0.15, 0.2) is 0 Å². The monoisotopic (exact) mass is 294 g/mol. The molecule has 2 atom stereocenters. The van der Waals surface area contributed by atoms with Crippen molar-refractivity contribution in [3.8, 4) is 0 Å². The number of benzene rings is 1. The molecule has 0 bridgehead atoms. The molecule has 2 unspecified atom stereocenters. The summed E-state index contributed by atoms with van der Waals surface area (Å²) in [5.74, 6) is 0.726. The Morgan fingerprint density at radius 2 is 2.10 bits per heavy atom. The van der Waals surface area contributed by atoms with Crippen LogP contribution in [0.4, 0.5) is 0 Å². The van der Waals surface area contributed by atoms with Crippen LogP contribution in [0.25, 0.3) is 0 Å². The Morgan fingerprint density at radius 3 is 2.75 bits per heavy atom. The maximum atomic E-state index is 12.3. The van der Waals surface area contributed by atoms with Gasteiger partial charge in [-0.15, -0.1) is 11.6 Å². The van der Waals surface area contributed by atoms with Gasteiger partial charge in [-0.25, -0.2) is 0 Å². The Hall–Kier alpha value is -1.06. The van der Waals surface area contributed by atoms with E-state index in [9.17, 15) is 4.79 Å². The molecule has 1 aliphatic rings. The Bertz CT molecular complexity index is 447. The van der Waals surface area contributed by atoms with Crippen LogP contribution in [-0.2, 0) is 4.79 Å². The molecule has 1 aromatic carbocycles. The second kappa shape index (κ2) is 6.59. The van der Waals surface area contributed by atoms with Gasteiger partial charge in [0.25, 0.3) is 0 Å². The topological polar surface area (TPSA) is 41.1 Å². The second-order valence-corrected chi connectivity index (χ2v) is 6.37. The summed E-state index contributed by atoms with van der Waals surface area (Å²) in [7, 11) is 0. The third-order valence-electron chi connectivity index (χ3n) is 3.98. The molecule has 0 aliphatic carbocycles. The highest BCUT2D eigenvalue weighted by molar-refractivity contribution is 6.19. The van der Waals surface area contributed by atoms with Gasteiger partial charge >= 0.3 is 0 Å². The van der Waals surface area contributed by atoms with Crippen molar-refractivity contribution in [3.05, 3.63) is 35.9 Å². The molecule has 0 radical (unpaired) electrons. The first-order valence-corrected chi connectivity index (χ1v) is 7.70. The summed E-state index contributed by atoms with van der Waals surface area (Å²) in [6, 6.07) is 10.5. The Morgan fingerprint density at radius 1 is 1.40 bits per heavy atom. The van der Waals surface area contributed by atoms with Crippen molar-refractivity contribution in [2.24, 2.45) is 5.41 Å². The molecule has 0 spiro atoms. The number of hydrogen-bond acceptors (Lipinski definition) is 2. The van der Waals surface area contributed by atoms with Crippen molar-refractivity contribution < 1.29 is 4.79 Å². The standard InChI is InChI=1S/C16H23ClN2O/c1-16(2,11-17)15(20)19-14-10-18-9-8-13(14)12-6-4-3-5-7-12/h3-7,13-14,18H,8-11H2,1-2H3,(H,19,20). The Balaban J connectivity index is 2.10. The van der Waals surface area contributed by atoms with Crippen molar-refractivity contribution in [2.45, 2.75) is 32.2 Å². The number of carbonyl (C=O) groups excluding carboxylic acids is 1. The summed E-state index contributed by atoms with van der Waals surface area (Å²) in [6.07, 6.45) is 1.04. The molecule has 1 aromatic rings. The van der Waals surface area contributed by atoms with Gasteiger partial charge in [-0.05, 0) is 32.4 Å². The fourth-order valence-electron chi connectivity index (χ4n) is 2.53. The predicted octanol–water partition coefficient (Wildman–Crippen LogP) is 2.51. The van der Waals surface area contributed by atoms with Crippen molar-refractivity contribution >= 4 is 17.5 Å². The highest BCUT2D eigenvalue weighted by atomic mass is 35.5. The highest BCUT2D eigenvalue weighted by Crippen LogP contribution is 2.26. The van der Waals surface area contributed by atoms with Crippen LogP contribution in [0.15, 0.2) is 30.3 Å². The fraction of sp³-hybridized carbons (Fsp3) is 0.562. The molecule has 1 aliphatic heterocycles. The summed E-state index contributed by atoms with van der Waals surface area (Å²) < 4.78 is 0. The number of rotatable bonds is 4. The van der Waals surface area contributed by atoms with Crippen molar-refractivity contribution in [2.75, 3.05) is 19.0 Å². The van der Waals surface area contributed by atoms with Crippen LogP contribution in [0.5, 0.6) is 0 Å². The van der Waals surface area contributed by atoms with Gasteiger partial charge in [-0.1, -0.05) is 30.3 Å². The molecule has 2 rings (SSSR count). The number of halogens is 1. The third kappa shape index (κ3) is 3.53. The van der Waals surface area contributed by atoms with Crippen LogP contribution in [0, 0.1) is 5.41 Å². The van der Waals surface area contributed by atoms with Gasteiger partial charge in [0.1, 0.15) is 0 Å². The molecule has 1 heterocycles. The van der Waals surface area contributed by atoms with E-state index in [1.165, 1.54) is 5.56 Å². The number of alkyl halides is 1. The van der Waals surface area contributed by atoms with E-state index in [0.717, 1.165) is 19.5 Å². The number of nitrogens with one attached hydrogen (secondary N) is 2. The zero-order valence-corrected chi connectivity index (χ0v) is 12.9. The van der Waals surface area contributed by atoms with Gasteiger partial charge in [0.2, 0.25) is 5.91 Å². The van der Waals surface area contributed by atoms with Crippen LogP contribution in [0.3, 0.4) is 0 Å². The molecular formula is C16H23ClN2O. The first kappa shape index (κ1) is 15.3. The van der Waals surface area contributed by atoms with Crippen LogP contribution < -0.4 is 10.6 Å². The van der Waals surface area contributed by atoms with Gasteiger partial charge in [-0.2, -0.15) is 0 Å². The lowest BCUT2D eigenvalue weighted by atomic mass is 9.85. The molecule has 1 amide bonds. The largest absolute Gasteiger partial charge is 0.351 e. The van der Waals surface area contributed by atoms with Crippen LogP contribution in [0.2, 0.25) is 0 Å². The molecule has 2 N–H and O–H groups in total. The van der Waals surface area contributed by atoms with Crippen molar-refractivity contribution in [1.29, 1.82) is 0 Å². The Kier molecular flexibility index (Phi) is 5.06. The molecule has 3 nitrogen and oxygen atoms in total. The third-order valence-corrected chi connectivity index (χ3v) is 4.64. The minimum atomic E-state index is -0.528. The molecule has 1 fully saturated rings. The van der Waals surface area contributed by atoms with Gasteiger partial charge < -0.3 is 10.6 Å². The zero-order chi connectivity index (χ0) is 14.6. The number of amides is 1. The predicted molar refractivity (Wildman–Crippen MR) is 83.1 cm³/mol. The lowest BCUT2D eigenvalue weighted by Crippen LogP contribution is -2.53. The molecular weight excluding hydrogens is 272 g/mol. The van der Waals surface area contributed by atoms with Gasteiger partial charge in [-0.3, -0.25) is 4.79 Å². The summed E-state index contributed by atoms with van der Waals surface area (Å²) in [5.41, 5.74) is 0.767. The molecule has 0 aromatic heterocycles. The van der Waals surface area contributed by atoms with E-state index in [2.05, 4.69) is 34.9 Å². The summed E-state index contributed by atoms with van der Waals surface area (Å²) in [6.45, 7) is 5.56. The lowest BCUT2D eigenvalue weighted by Gasteiger charge is -2.35. The van der Waals surface area contributed by atoms with Gasteiger partial charge in [0, 0.05) is 24.4 Å². The average Bonchev–Trinajstić information content (AvgIpc) is 2.48. The van der Waals surface area contributed by atoms with Crippen LogP contribution in [-0.4, -0.2) is 30.9 Å². The van der Waals surface area contributed by atoms with E-state index in [0.29, 0.717) is 11.8 Å². The van der Waals surface area contributed by atoms with E-state index in [-0.39, 0.29) is 11.9 Å². The minimum Gasteiger partial charge on any atom is -0.351 e. The van der Waals surface area contributed by atoms with E-state index in [1.807, 2.05) is 19.9 Å². The lowest BCUT2D eigenvalue weighted by molar-refractivity contribution is -0.129. The molecule has 0 saturated carbocycles. The minimum absolute atomic E-state index is 0.0298. The zero-order valence-electron chi connectivity index (χ0n) is 12.2. The first-order valence-electron chi connectivity index (χ1n) is 7.17.